The molecule has 1 fully saturated rings. The van der Waals surface area contributed by atoms with E-state index in [1.165, 1.54) is 22.3 Å². The van der Waals surface area contributed by atoms with Crippen LogP contribution in [-0.2, 0) is 6.42 Å². The van der Waals surface area contributed by atoms with Crippen LogP contribution in [0.25, 0.3) is 0 Å². The highest BCUT2D eigenvalue weighted by atomic mass is 14.5. The first-order valence-electron chi connectivity index (χ1n) is 8.83. The lowest BCUT2D eigenvalue weighted by molar-refractivity contribution is 0.348. The molecule has 1 atom stereocenters. The Balaban J connectivity index is 2.07. The first kappa shape index (κ1) is 16.8. The lowest BCUT2D eigenvalue weighted by Gasteiger charge is -2.51. The van der Waals surface area contributed by atoms with Crippen LogP contribution in [0, 0.1) is 28.1 Å². The van der Waals surface area contributed by atoms with Crippen molar-refractivity contribution in [3.63, 3.8) is 0 Å². The van der Waals surface area contributed by atoms with E-state index in [2.05, 4.69) is 95.5 Å². The van der Waals surface area contributed by atoms with Crippen LogP contribution in [0.5, 0.6) is 0 Å². The lowest BCUT2D eigenvalue weighted by Crippen LogP contribution is -2.42. The molecule has 24 heavy (non-hydrogen) atoms. The molecule has 0 spiro atoms. The zero-order valence-electron chi connectivity index (χ0n) is 15.7. The van der Waals surface area contributed by atoms with Crippen LogP contribution in [-0.4, -0.2) is 0 Å². The van der Waals surface area contributed by atoms with Crippen molar-refractivity contribution in [1.29, 1.82) is 0 Å². The predicted octanol–water partition coefficient (Wildman–Crippen LogP) is 6.12. The number of fused-ring (bicyclic) bond motifs is 1. The summed E-state index contributed by atoms with van der Waals surface area (Å²) in [5, 5.41) is 0. The summed E-state index contributed by atoms with van der Waals surface area (Å²) in [6.45, 7) is 15.3. The van der Waals surface area contributed by atoms with E-state index in [9.17, 15) is 0 Å². The smallest absolute Gasteiger partial charge is 0.0359 e. The summed E-state index contributed by atoms with van der Waals surface area (Å²) >= 11 is 0. The first-order chi connectivity index (χ1) is 11.1. The quantitative estimate of drug-likeness (QED) is 0.577. The van der Waals surface area contributed by atoms with E-state index in [1.54, 1.807) is 0 Å². The molecular formula is C24H28. The highest BCUT2D eigenvalue weighted by Gasteiger charge is 2.50. The van der Waals surface area contributed by atoms with E-state index >= 15 is 0 Å². The molecule has 3 rings (SSSR count). The molecule has 0 heteroatoms. The minimum Gasteiger partial charge on any atom is -0.0955 e. The van der Waals surface area contributed by atoms with Crippen LogP contribution in [0.2, 0.25) is 0 Å². The van der Waals surface area contributed by atoms with Gasteiger partial charge in [0.2, 0.25) is 0 Å². The molecule has 0 nitrogen and oxygen atoms in total. The molecule has 0 saturated heterocycles. The van der Waals surface area contributed by atoms with E-state index in [4.69, 9.17) is 0 Å². The lowest BCUT2D eigenvalue weighted by atomic mass is 9.51. The van der Waals surface area contributed by atoms with Crippen LogP contribution in [0.4, 0.5) is 0 Å². The number of hydrogen-bond donors (Lipinski definition) is 0. The van der Waals surface area contributed by atoms with Gasteiger partial charge in [-0.15, -0.1) is 0 Å². The fourth-order valence-electron chi connectivity index (χ4n) is 3.80. The Labute approximate surface area is 147 Å². The average Bonchev–Trinajstić information content (AvgIpc) is 2.48. The van der Waals surface area contributed by atoms with E-state index < -0.39 is 0 Å². The van der Waals surface area contributed by atoms with Crippen molar-refractivity contribution in [2.45, 2.75) is 47.5 Å². The standard InChI is InChI=1S/C24H28/c1-18-14-24(15-19-10-8-7-9-11-19)20(12-13-22(2,3)4)16-23(5,6)17-21(18)24/h7-11,16-17H,1,14-15H2,2-6H3. The maximum absolute atomic E-state index is 4.30. The van der Waals surface area contributed by atoms with Crippen LogP contribution in [0.15, 0.2) is 65.8 Å². The van der Waals surface area contributed by atoms with Gasteiger partial charge in [0, 0.05) is 21.8 Å². The van der Waals surface area contributed by atoms with Gasteiger partial charge < -0.3 is 0 Å². The van der Waals surface area contributed by atoms with Crippen molar-refractivity contribution >= 4 is 0 Å². The minimum absolute atomic E-state index is 0.0149. The predicted molar refractivity (Wildman–Crippen MR) is 104 cm³/mol. The third-order valence-electron chi connectivity index (χ3n) is 4.88. The van der Waals surface area contributed by atoms with Gasteiger partial charge in [-0.3, -0.25) is 0 Å². The van der Waals surface area contributed by atoms with Gasteiger partial charge in [0.25, 0.3) is 0 Å². The van der Waals surface area contributed by atoms with Gasteiger partial charge in [-0.1, -0.05) is 80.3 Å². The molecule has 124 valence electrons. The number of rotatable bonds is 2. The van der Waals surface area contributed by atoms with Crippen LogP contribution in [0.3, 0.4) is 0 Å². The maximum atomic E-state index is 4.30. The third-order valence-corrected chi connectivity index (χ3v) is 4.88. The summed E-state index contributed by atoms with van der Waals surface area (Å²) in [4.78, 5) is 0. The molecule has 1 saturated carbocycles. The molecule has 1 aromatic carbocycles. The van der Waals surface area contributed by atoms with Gasteiger partial charge in [-0.25, -0.2) is 0 Å². The van der Waals surface area contributed by atoms with Gasteiger partial charge in [0.05, 0.1) is 0 Å². The molecule has 2 aliphatic rings. The van der Waals surface area contributed by atoms with Gasteiger partial charge in [0.15, 0.2) is 0 Å². The third kappa shape index (κ3) is 3.13. The fourth-order valence-corrected chi connectivity index (χ4v) is 3.80. The Morgan fingerprint density at radius 3 is 2.33 bits per heavy atom. The maximum Gasteiger partial charge on any atom is 0.0359 e. The highest BCUT2D eigenvalue weighted by Crippen LogP contribution is 2.60. The molecule has 2 aliphatic carbocycles. The molecule has 0 N–H and O–H groups in total. The Morgan fingerprint density at radius 1 is 1.08 bits per heavy atom. The molecule has 0 bridgehead atoms. The minimum atomic E-state index is 0.0149. The second-order valence-corrected chi connectivity index (χ2v) is 8.96. The summed E-state index contributed by atoms with van der Waals surface area (Å²) < 4.78 is 0. The molecule has 1 unspecified atom stereocenters. The second-order valence-electron chi connectivity index (χ2n) is 8.96. The monoisotopic (exact) mass is 316 g/mol. The zero-order chi connectivity index (χ0) is 17.6. The van der Waals surface area contributed by atoms with Crippen LogP contribution in [0.1, 0.15) is 46.6 Å². The normalized spacial score (nSPS) is 24.8. The molecule has 0 aliphatic heterocycles. The fraction of sp³-hybridized carbons (Fsp3) is 0.417. The zero-order valence-corrected chi connectivity index (χ0v) is 15.7. The molecule has 1 aromatic rings. The van der Waals surface area contributed by atoms with Crippen molar-refractivity contribution in [2.75, 3.05) is 0 Å². The van der Waals surface area contributed by atoms with Crippen molar-refractivity contribution in [3.05, 3.63) is 71.3 Å². The largest absolute Gasteiger partial charge is 0.0955 e. The average molecular weight is 316 g/mol. The Hall–Kier alpha value is -2.00. The SMILES string of the molecule is C=C1CC2(Cc3ccccc3)C(C#CC(C)(C)C)=CC(C)(C)C=C12. The Bertz CT molecular complexity index is 782. The first-order valence-corrected chi connectivity index (χ1v) is 8.83. The Morgan fingerprint density at radius 2 is 1.75 bits per heavy atom. The van der Waals surface area contributed by atoms with Crippen molar-refractivity contribution in [2.24, 2.45) is 16.2 Å². The van der Waals surface area contributed by atoms with Gasteiger partial charge >= 0.3 is 0 Å². The van der Waals surface area contributed by atoms with E-state index in [-0.39, 0.29) is 16.2 Å². The molecule has 0 amide bonds. The van der Waals surface area contributed by atoms with Crippen LogP contribution >= 0.6 is 0 Å². The number of benzene rings is 1. The van der Waals surface area contributed by atoms with E-state index in [0.717, 1.165) is 12.8 Å². The second kappa shape index (κ2) is 5.52. The van der Waals surface area contributed by atoms with Gasteiger partial charge in [0.1, 0.15) is 0 Å². The van der Waals surface area contributed by atoms with Gasteiger partial charge in [-0.2, -0.15) is 0 Å². The summed E-state index contributed by atoms with van der Waals surface area (Å²) in [6, 6.07) is 10.8. The number of allylic oxidation sites excluding steroid dienone is 5. The van der Waals surface area contributed by atoms with Crippen LogP contribution < -0.4 is 0 Å². The van der Waals surface area contributed by atoms with Crippen molar-refractivity contribution in [1.82, 2.24) is 0 Å². The molecule has 0 aromatic heterocycles. The van der Waals surface area contributed by atoms with Crippen molar-refractivity contribution < 1.29 is 0 Å². The summed E-state index contributed by atoms with van der Waals surface area (Å²) in [6.07, 6.45) is 6.82. The van der Waals surface area contributed by atoms with E-state index in [0.29, 0.717) is 0 Å². The Kier molecular flexibility index (Phi) is 3.88. The molecule has 0 heterocycles. The molecule has 0 radical (unpaired) electrons. The number of hydrogen-bond acceptors (Lipinski definition) is 0. The summed E-state index contributed by atoms with van der Waals surface area (Å²) in [5.74, 6) is 7.02. The summed E-state index contributed by atoms with van der Waals surface area (Å²) in [7, 11) is 0. The topological polar surface area (TPSA) is 0 Å². The van der Waals surface area contributed by atoms with E-state index in [1.807, 2.05) is 0 Å². The molecular weight excluding hydrogens is 288 g/mol. The van der Waals surface area contributed by atoms with Crippen molar-refractivity contribution in [3.8, 4) is 11.8 Å². The van der Waals surface area contributed by atoms with Gasteiger partial charge in [-0.05, 0) is 44.7 Å². The highest BCUT2D eigenvalue weighted by molar-refractivity contribution is 5.62. The summed E-state index contributed by atoms with van der Waals surface area (Å²) in [5.41, 5.74) is 5.45.